The van der Waals surface area contributed by atoms with E-state index in [0.29, 0.717) is 18.2 Å². The number of hydrogen-bond donors (Lipinski definition) is 2. The van der Waals surface area contributed by atoms with Gasteiger partial charge in [-0.15, -0.1) is 12.4 Å². The van der Waals surface area contributed by atoms with Crippen LogP contribution in [0.2, 0.25) is 0 Å². The molecule has 0 aromatic heterocycles. The zero-order chi connectivity index (χ0) is 9.84. The van der Waals surface area contributed by atoms with Crippen molar-refractivity contribution in [3.63, 3.8) is 0 Å². The Morgan fingerprint density at radius 1 is 1.36 bits per heavy atom. The number of benzene rings is 1. The lowest BCUT2D eigenvalue weighted by Crippen LogP contribution is -2.00. The smallest absolute Gasteiger partial charge is 0.120 e. The third-order valence-corrected chi connectivity index (χ3v) is 2.01. The predicted molar refractivity (Wildman–Crippen MR) is 61.8 cm³/mol. The third kappa shape index (κ3) is 3.56. The van der Waals surface area contributed by atoms with Gasteiger partial charge in [0, 0.05) is 12.1 Å². The number of phenols is 1. The van der Waals surface area contributed by atoms with Crippen LogP contribution in [0.15, 0.2) is 18.2 Å². The number of halogens is 1. The summed E-state index contributed by atoms with van der Waals surface area (Å²) >= 11 is 0. The van der Waals surface area contributed by atoms with E-state index in [4.69, 9.17) is 5.73 Å². The largest absolute Gasteiger partial charge is 0.508 e. The van der Waals surface area contributed by atoms with Crippen LogP contribution >= 0.6 is 12.4 Å². The highest BCUT2D eigenvalue weighted by Gasteiger charge is 2.02. The van der Waals surface area contributed by atoms with Crippen molar-refractivity contribution < 1.29 is 5.11 Å². The van der Waals surface area contributed by atoms with Crippen LogP contribution in [0.1, 0.15) is 25.0 Å². The van der Waals surface area contributed by atoms with E-state index in [1.807, 2.05) is 12.1 Å². The summed E-state index contributed by atoms with van der Waals surface area (Å²) in [6.45, 7) is 4.75. The molecule has 0 saturated heterocycles. The van der Waals surface area contributed by atoms with Crippen LogP contribution in [0.3, 0.4) is 0 Å². The van der Waals surface area contributed by atoms with Gasteiger partial charge in [0.05, 0.1) is 0 Å². The summed E-state index contributed by atoms with van der Waals surface area (Å²) in [5.74, 6) is 0.935. The fourth-order valence-electron chi connectivity index (χ4n) is 1.40. The van der Waals surface area contributed by atoms with Gasteiger partial charge in [-0.25, -0.2) is 0 Å². The quantitative estimate of drug-likeness (QED) is 0.814. The van der Waals surface area contributed by atoms with Crippen molar-refractivity contribution in [3.05, 3.63) is 29.3 Å². The Hall–Kier alpha value is -0.730. The molecule has 0 heterocycles. The second-order valence-electron chi connectivity index (χ2n) is 3.77. The zero-order valence-corrected chi connectivity index (χ0v) is 9.47. The topological polar surface area (TPSA) is 46.2 Å². The van der Waals surface area contributed by atoms with Crippen LogP contribution in [-0.2, 0) is 13.0 Å². The monoisotopic (exact) mass is 215 g/mol. The maximum absolute atomic E-state index is 9.39. The molecule has 0 amide bonds. The van der Waals surface area contributed by atoms with Gasteiger partial charge in [0.15, 0.2) is 0 Å². The Labute approximate surface area is 91.5 Å². The van der Waals surface area contributed by atoms with E-state index >= 15 is 0 Å². The third-order valence-electron chi connectivity index (χ3n) is 2.01. The molecule has 0 radical (unpaired) electrons. The Morgan fingerprint density at radius 3 is 2.50 bits per heavy atom. The molecule has 0 saturated carbocycles. The average molecular weight is 216 g/mol. The first-order valence-corrected chi connectivity index (χ1v) is 4.64. The van der Waals surface area contributed by atoms with Crippen molar-refractivity contribution in [3.8, 4) is 5.75 Å². The van der Waals surface area contributed by atoms with Gasteiger partial charge in [-0.05, 0) is 24.0 Å². The standard InChI is InChI=1S/C11H17NO.ClH/c1-8(2)5-9-3-4-11(13)10(6-9)7-12;/h3-4,6,8,13H,5,7,12H2,1-2H3;1H. The van der Waals surface area contributed by atoms with Gasteiger partial charge in [-0.2, -0.15) is 0 Å². The zero-order valence-electron chi connectivity index (χ0n) is 8.66. The summed E-state index contributed by atoms with van der Waals surface area (Å²) in [4.78, 5) is 0. The molecule has 1 aromatic rings. The molecule has 0 bridgehead atoms. The molecule has 0 atom stereocenters. The van der Waals surface area contributed by atoms with Crippen molar-refractivity contribution in [1.29, 1.82) is 0 Å². The minimum atomic E-state index is 0. The highest BCUT2D eigenvalue weighted by molar-refractivity contribution is 5.85. The number of hydrogen-bond acceptors (Lipinski definition) is 2. The molecule has 0 aliphatic carbocycles. The van der Waals surface area contributed by atoms with Crippen LogP contribution in [0.25, 0.3) is 0 Å². The van der Waals surface area contributed by atoms with Crippen LogP contribution in [0.4, 0.5) is 0 Å². The molecule has 14 heavy (non-hydrogen) atoms. The summed E-state index contributed by atoms with van der Waals surface area (Å²) < 4.78 is 0. The lowest BCUT2D eigenvalue weighted by atomic mass is 10.0. The summed E-state index contributed by atoms with van der Waals surface area (Å²) in [5.41, 5.74) is 7.57. The van der Waals surface area contributed by atoms with Crippen molar-refractivity contribution >= 4 is 12.4 Å². The lowest BCUT2D eigenvalue weighted by molar-refractivity contribution is 0.468. The van der Waals surface area contributed by atoms with Crippen molar-refractivity contribution in [2.24, 2.45) is 11.7 Å². The van der Waals surface area contributed by atoms with Gasteiger partial charge in [-0.3, -0.25) is 0 Å². The van der Waals surface area contributed by atoms with Crippen LogP contribution < -0.4 is 5.73 Å². The molecule has 0 unspecified atom stereocenters. The molecule has 80 valence electrons. The van der Waals surface area contributed by atoms with E-state index in [9.17, 15) is 5.11 Å². The minimum Gasteiger partial charge on any atom is -0.508 e. The summed E-state index contributed by atoms with van der Waals surface area (Å²) in [7, 11) is 0. The Balaban J connectivity index is 0.00000169. The first-order valence-electron chi connectivity index (χ1n) is 4.64. The maximum Gasteiger partial charge on any atom is 0.120 e. The highest BCUT2D eigenvalue weighted by Crippen LogP contribution is 2.19. The van der Waals surface area contributed by atoms with E-state index in [2.05, 4.69) is 13.8 Å². The average Bonchev–Trinajstić information content (AvgIpc) is 2.07. The van der Waals surface area contributed by atoms with Crippen LogP contribution in [0, 0.1) is 5.92 Å². The molecule has 2 nitrogen and oxygen atoms in total. The van der Waals surface area contributed by atoms with Gasteiger partial charge in [0.2, 0.25) is 0 Å². The first-order chi connectivity index (χ1) is 6.13. The molecule has 0 spiro atoms. The summed E-state index contributed by atoms with van der Waals surface area (Å²) in [5, 5.41) is 9.39. The fraction of sp³-hybridized carbons (Fsp3) is 0.455. The van der Waals surface area contributed by atoms with E-state index < -0.39 is 0 Å². The van der Waals surface area contributed by atoms with E-state index in [1.54, 1.807) is 6.07 Å². The molecule has 1 rings (SSSR count). The molecular weight excluding hydrogens is 198 g/mol. The molecule has 0 aliphatic heterocycles. The molecular formula is C11H18ClNO. The molecule has 0 aliphatic rings. The predicted octanol–water partition coefficient (Wildman–Crippen LogP) is 2.47. The number of phenolic OH excluding ortho intramolecular Hbond substituents is 1. The Morgan fingerprint density at radius 2 is 2.00 bits per heavy atom. The summed E-state index contributed by atoms with van der Waals surface area (Å²) in [6, 6.07) is 5.66. The van der Waals surface area contributed by atoms with Gasteiger partial charge in [0.25, 0.3) is 0 Å². The Kier molecular flexibility index (Phi) is 5.58. The first kappa shape index (κ1) is 13.3. The minimum absolute atomic E-state index is 0. The van der Waals surface area contributed by atoms with Crippen LogP contribution in [0.5, 0.6) is 5.75 Å². The SMILES string of the molecule is CC(C)Cc1ccc(O)c(CN)c1.Cl. The van der Waals surface area contributed by atoms with Crippen molar-refractivity contribution in [2.75, 3.05) is 0 Å². The van der Waals surface area contributed by atoms with Gasteiger partial charge >= 0.3 is 0 Å². The van der Waals surface area contributed by atoms with E-state index in [0.717, 1.165) is 12.0 Å². The van der Waals surface area contributed by atoms with E-state index in [-0.39, 0.29) is 12.4 Å². The normalized spacial score (nSPS) is 10.0. The molecule has 0 fully saturated rings. The molecule has 3 heteroatoms. The number of rotatable bonds is 3. The van der Waals surface area contributed by atoms with E-state index in [1.165, 1.54) is 5.56 Å². The lowest BCUT2D eigenvalue weighted by Gasteiger charge is -2.07. The highest BCUT2D eigenvalue weighted by atomic mass is 35.5. The second kappa shape index (κ2) is 5.89. The maximum atomic E-state index is 9.39. The van der Waals surface area contributed by atoms with Crippen LogP contribution in [-0.4, -0.2) is 5.11 Å². The molecule has 3 N–H and O–H groups in total. The summed E-state index contributed by atoms with van der Waals surface area (Å²) in [6.07, 6.45) is 1.03. The van der Waals surface area contributed by atoms with Gasteiger partial charge in [0.1, 0.15) is 5.75 Å². The number of aromatic hydroxyl groups is 1. The fourth-order valence-corrected chi connectivity index (χ4v) is 1.40. The van der Waals surface area contributed by atoms with Gasteiger partial charge < -0.3 is 10.8 Å². The van der Waals surface area contributed by atoms with Crippen molar-refractivity contribution in [2.45, 2.75) is 26.8 Å². The number of nitrogens with two attached hydrogens (primary N) is 1. The molecule has 1 aromatic carbocycles. The Bertz CT molecular complexity index is 287. The second-order valence-corrected chi connectivity index (χ2v) is 3.77. The van der Waals surface area contributed by atoms with Gasteiger partial charge in [-0.1, -0.05) is 26.0 Å². The van der Waals surface area contributed by atoms with Crippen molar-refractivity contribution in [1.82, 2.24) is 0 Å².